The number of amides is 2. The monoisotopic (exact) mass is 424 g/mol. The average molecular weight is 425 g/mol. The number of ether oxygens (including phenoxy) is 2. The van der Waals surface area contributed by atoms with Crippen LogP contribution in [-0.2, 0) is 24.4 Å². The molecule has 2 N–H and O–H groups in total. The Hall–Kier alpha value is -2.64. The molecule has 1 aliphatic heterocycles. The van der Waals surface area contributed by atoms with E-state index in [1.807, 2.05) is 24.3 Å². The molecule has 166 valence electrons. The minimum Gasteiger partial charge on any atom is -0.474 e. The maximum atomic E-state index is 12.4. The van der Waals surface area contributed by atoms with Crippen molar-refractivity contribution in [3.05, 3.63) is 59.3 Å². The van der Waals surface area contributed by atoms with Gasteiger partial charge in [0.1, 0.15) is 6.10 Å². The third kappa shape index (κ3) is 6.67. The van der Waals surface area contributed by atoms with Crippen LogP contribution in [0.2, 0.25) is 0 Å². The Morgan fingerprint density at radius 1 is 1.06 bits per heavy atom. The number of aromatic nitrogens is 1. The van der Waals surface area contributed by atoms with Gasteiger partial charge >= 0.3 is 6.03 Å². The molecule has 1 saturated carbocycles. The minimum atomic E-state index is -0.184. The van der Waals surface area contributed by atoms with Crippen LogP contribution >= 0.6 is 0 Å². The smallest absolute Gasteiger partial charge is 0.315 e. The molecule has 7 heteroatoms. The second kappa shape index (κ2) is 11.1. The summed E-state index contributed by atoms with van der Waals surface area (Å²) in [6, 6.07) is 11.9. The summed E-state index contributed by atoms with van der Waals surface area (Å²) in [6.45, 7) is 5.27. The van der Waals surface area contributed by atoms with Crippen molar-refractivity contribution in [1.82, 2.24) is 20.5 Å². The fraction of sp³-hybridized carbons (Fsp3) is 0.500. The molecule has 2 heterocycles. The first-order valence-corrected chi connectivity index (χ1v) is 11.3. The molecule has 4 rings (SSSR count). The maximum absolute atomic E-state index is 12.4. The second-order valence-corrected chi connectivity index (χ2v) is 8.22. The molecule has 7 nitrogen and oxygen atoms in total. The molecule has 2 aliphatic rings. The van der Waals surface area contributed by atoms with E-state index >= 15 is 0 Å². The molecule has 2 amide bonds. The van der Waals surface area contributed by atoms with Gasteiger partial charge in [0.2, 0.25) is 5.88 Å². The highest BCUT2D eigenvalue weighted by Crippen LogP contribution is 2.23. The lowest BCUT2D eigenvalue weighted by molar-refractivity contribution is 0.0341. The highest BCUT2D eigenvalue weighted by molar-refractivity contribution is 5.73. The molecule has 0 atom stereocenters. The Morgan fingerprint density at radius 2 is 1.81 bits per heavy atom. The molecule has 0 bridgehead atoms. The summed E-state index contributed by atoms with van der Waals surface area (Å²) in [5.74, 6) is 0.642. The number of carbonyl (C=O) groups is 1. The third-order valence-corrected chi connectivity index (χ3v) is 5.90. The Balaban J connectivity index is 1.24. The Labute approximate surface area is 184 Å². The van der Waals surface area contributed by atoms with E-state index in [9.17, 15) is 4.79 Å². The van der Waals surface area contributed by atoms with E-state index in [0.29, 0.717) is 19.0 Å². The van der Waals surface area contributed by atoms with E-state index in [1.165, 1.54) is 18.4 Å². The minimum absolute atomic E-state index is 0.184. The van der Waals surface area contributed by atoms with Gasteiger partial charge in [0.05, 0.1) is 13.2 Å². The molecule has 31 heavy (non-hydrogen) atoms. The molecule has 0 unspecified atom stereocenters. The summed E-state index contributed by atoms with van der Waals surface area (Å²) in [6.07, 6.45) is 6.65. The van der Waals surface area contributed by atoms with Crippen LogP contribution in [0.1, 0.15) is 42.4 Å². The van der Waals surface area contributed by atoms with Crippen LogP contribution in [0.3, 0.4) is 0 Å². The first kappa shape index (κ1) is 21.6. The van der Waals surface area contributed by atoms with Crippen LogP contribution in [-0.4, -0.2) is 48.3 Å². The van der Waals surface area contributed by atoms with Gasteiger partial charge in [0, 0.05) is 45.0 Å². The molecular weight excluding hydrogens is 392 g/mol. The molecular formula is C24H32N4O3. The molecule has 1 aromatic carbocycles. The van der Waals surface area contributed by atoms with E-state index in [1.54, 1.807) is 6.20 Å². The Bertz CT molecular complexity index is 848. The average Bonchev–Trinajstić information content (AvgIpc) is 3.31. The normalized spacial score (nSPS) is 17.4. The Kier molecular flexibility index (Phi) is 7.74. The van der Waals surface area contributed by atoms with Crippen molar-refractivity contribution in [2.75, 3.05) is 26.3 Å². The van der Waals surface area contributed by atoms with Crippen LogP contribution in [0.4, 0.5) is 4.79 Å². The number of nitrogens with one attached hydrogen (secondary N) is 2. The predicted molar refractivity (Wildman–Crippen MR) is 119 cm³/mol. The first-order valence-electron chi connectivity index (χ1n) is 11.3. The topological polar surface area (TPSA) is 75.7 Å². The van der Waals surface area contributed by atoms with Gasteiger partial charge in [-0.1, -0.05) is 24.3 Å². The SMILES string of the molecule is O=C(NCc1ccnc(OC2CCCC2)c1)NCc1ccccc1CN1CCOCC1. The van der Waals surface area contributed by atoms with Crippen LogP contribution in [0.5, 0.6) is 5.88 Å². The second-order valence-electron chi connectivity index (χ2n) is 8.22. The van der Waals surface area contributed by atoms with E-state index < -0.39 is 0 Å². The number of carbonyl (C=O) groups excluding carboxylic acids is 1. The fourth-order valence-corrected chi connectivity index (χ4v) is 4.11. The van der Waals surface area contributed by atoms with Gasteiger partial charge in [-0.05, 0) is 48.4 Å². The maximum Gasteiger partial charge on any atom is 0.315 e. The highest BCUT2D eigenvalue weighted by atomic mass is 16.5. The summed E-state index contributed by atoms with van der Waals surface area (Å²) in [5, 5.41) is 5.91. The summed E-state index contributed by atoms with van der Waals surface area (Å²) in [7, 11) is 0. The summed E-state index contributed by atoms with van der Waals surface area (Å²) in [5.41, 5.74) is 3.36. The zero-order chi connectivity index (χ0) is 21.3. The summed E-state index contributed by atoms with van der Waals surface area (Å²) >= 11 is 0. The number of nitrogens with zero attached hydrogens (tertiary/aromatic N) is 2. The lowest BCUT2D eigenvalue weighted by atomic mass is 10.1. The van der Waals surface area contributed by atoms with Gasteiger partial charge in [-0.2, -0.15) is 0 Å². The quantitative estimate of drug-likeness (QED) is 0.681. The van der Waals surface area contributed by atoms with Gasteiger partial charge in [-0.15, -0.1) is 0 Å². The predicted octanol–water partition coefficient (Wildman–Crippen LogP) is 3.23. The number of hydrogen-bond acceptors (Lipinski definition) is 5. The van der Waals surface area contributed by atoms with Crippen molar-refractivity contribution in [1.29, 1.82) is 0 Å². The standard InChI is InChI=1S/C24H32N4O3/c29-24(26-16-19-9-10-25-23(15-19)31-22-7-3-4-8-22)27-17-20-5-1-2-6-21(20)18-28-11-13-30-14-12-28/h1-2,5-6,9-10,15,22H,3-4,7-8,11-14,16-18H2,(H2,26,27,29). The van der Waals surface area contributed by atoms with Crippen molar-refractivity contribution < 1.29 is 14.3 Å². The first-order chi connectivity index (χ1) is 15.3. The van der Waals surface area contributed by atoms with Crippen LogP contribution in [0.25, 0.3) is 0 Å². The number of urea groups is 1. The van der Waals surface area contributed by atoms with Crippen LogP contribution in [0.15, 0.2) is 42.6 Å². The zero-order valence-electron chi connectivity index (χ0n) is 18.0. The number of hydrogen-bond donors (Lipinski definition) is 2. The van der Waals surface area contributed by atoms with Crippen molar-refractivity contribution >= 4 is 6.03 Å². The van der Waals surface area contributed by atoms with Gasteiger partial charge in [-0.25, -0.2) is 9.78 Å². The van der Waals surface area contributed by atoms with Crippen LogP contribution < -0.4 is 15.4 Å². The van der Waals surface area contributed by atoms with Crippen molar-refractivity contribution in [3.8, 4) is 5.88 Å². The summed E-state index contributed by atoms with van der Waals surface area (Å²) < 4.78 is 11.4. The van der Waals surface area contributed by atoms with Crippen molar-refractivity contribution in [2.45, 2.75) is 51.4 Å². The third-order valence-electron chi connectivity index (χ3n) is 5.90. The van der Waals surface area contributed by atoms with E-state index in [4.69, 9.17) is 9.47 Å². The number of rotatable bonds is 8. The van der Waals surface area contributed by atoms with Gasteiger partial charge in [0.25, 0.3) is 0 Å². The molecule has 1 saturated heterocycles. The molecule has 1 aliphatic carbocycles. The van der Waals surface area contributed by atoms with E-state index in [0.717, 1.165) is 56.8 Å². The van der Waals surface area contributed by atoms with E-state index in [2.05, 4.69) is 32.7 Å². The molecule has 0 radical (unpaired) electrons. The molecule has 0 spiro atoms. The van der Waals surface area contributed by atoms with Gasteiger partial charge in [0.15, 0.2) is 0 Å². The lowest BCUT2D eigenvalue weighted by Gasteiger charge is -2.27. The van der Waals surface area contributed by atoms with E-state index in [-0.39, 0.29) is 12.1 Å². The van der Waals surface area contributed by atoms with Crippen LogP contribution in [0, 0.1) is 0 Å². The fourth-order valence-electron chi connectivity index (χ4n) is 4.11. The van der Waals surface area contributed by atoms with Gasteiger partial charge < -0.3 is 20.1 Å². The van der Waals surface area contributed by atoms with Crippen molar-refractivity contribution in [3.63, 3.8) is 0 Å². The molecule has 2 aromatic rings. The number of benzene rings is 1. The van der Waals surface area contributed by atoms with Gasteiger partial charge in [-0.3, -0.25) is 4.90 Å². The molecule has 1 aromatic heterocycles. The summed E-state index contributed by atoms with van der Waals surface area (Å²) in [4.78, 5) is 19.0. The number of morpholine rings is 1. The van der Waals surface area contributed by atoms with Crippen molar-refractivity contribution in [2.24, 2.45) is 0 Å². The largest absolute Gasteiger partial charge is 0.474 e. The zero-order valence-corrected chi connectivity index (χ0v) is 18.0. The molecule has 2 fully saturated rings. The lowest BCUT2D eigenvalue weighted by Crippen LogP contribution is -2.37. The highest BCUT2D eigenvalue weighted by Gasteiger charge is 2.17. The number of pyridine rings is 1. The Morgan fingerprint density at radius 3 is 2.61 bits per heavy atom.